The van der Waals surface area contributed by atoms with Crippen molar-refractivity contribution in [1.29, 1.82) is 0 Å². The fourth-order valence-electron chi connectivity index (χ4n) is 2.41. The highest BCUT2D eigenvalue weighted by atomic mass is 16.4. The number of aliphatic carboxylic acids is 2. The Morgan fingerprint density at radius 2 is 1.86 bits per heavy atom. The third-order valence-electron chi connectivity index (χ3n) is 3.35. The highest BCUT2D eigenvalue weighted by Gasteiger charge is 2.43. The fourth-order valence-corrected chi connectivity index (χ4v) is 2.41. The SMILES string of the molecule is C[C@@H]1CC[C@H]([C@@H](C)C(=O)O)[C@H]1C(=O)O. The van der Waals surface area contributed by atoms with Crippen LogP contribution < -0.4 is 0 Å². The number of carboxylic acids is 2. The molecule has 14 heavy (non-hydrogen) atoms. The van der Waals surface area contributed by atoms with E-state index in [-0.39, 0.29) is 11.8 Å². The van der Waals surface area contributed by atoms with Crippen LogP contribution in [0.1, 0.15) is 26.7 Å². The maximum Gasteiger partial charge on any atom is 0.307 e. The minimum Gasteiger partial charge on any atom is -0.481 e. The molecule has 0 aromatic carbocycles. The monoisotopic (exact) mass is 200 g/mol. The Hall–Kier alpha value is -1.06. The van der Waals surface area contributed by atoms with Crippen molar-refractivity contribution in [2.45, 2.75) is 26.7 Å². The Balaban J connectivity index is 2.79. The maximum atomic E-state index is 11.0. The lowest BCUT2D eigenvalue weighted by Crippen LogP contribution is -2.30. The van der Waals surface area contributed by atoms with E-state index in [1.54, 1.807) is 6.92 Å². The summed E-state index contributed by atoms with van der Waals surface area (Å²) in [5.41, 5.74) is 0. The molecule has 0 aromatic rings. The molecule has 0 amide bonds. The van der Waals surface area contributed by atoms with Gasteiger partial charge < -0.3 is 10.2 Å². The van der Waals surface area contributed by atoms with E-state index in [1.807, 2.05) is 6.92 Å². The number of hydrogen-bond acceptors (Lipinski definition) is 2. The van der Waals surface area contributed by atoms with E-state index >= 15 is 0 Å². The van der Waals surface area contributed by atoms with E-state index in [9.17, 15) is 9.59 Å². The molecule has 80 valence electrons. The lowest BCUT2D eigenvalue weighted by atomic mass is 9.82. The van der Waals surface area contributed by atoms with Gasteiger partial charge in [0.05, 0.1) is 11.8 Å². The van der Waals surface area contributed by atoms with Gasteiger partial charge in [0.2, 0.25) is 0 Å². The van der Waals surface area contributed by atoms with Gasteiger partial charge in [0.1, 0.15) is 0 Å². The third-order valence-corrected chi connectivity index (χ3v) is 3.35. The first-order valence-electron chi connectivity index (χ1n) is 4.90. The average Bonchev–Trinajstić information content (AvgIpc) is 2.45. The highest BCUT2D eigenvalue weighted by molar-refractivity contribution is 5.75. The van der Waals surface area contributed by atoms with E-state index < -0.39 is 23.8 Å². The van der Waals surface area contributed by atoms with Crippen LogP contribution in [0.5, 0.6) is 0 Å². The third kappa shape index (κ3) is 1.89. The van der Waals surface area contributed by atoms with Crippen molar-refractivity contribution in [2.24, 2.45) is 23.7 Å². The largest absolute Gasteiger partial charge is 0.481 e. The van der Waals surface area contributed by atoms with E-state index in [0.29, 0.717) is 6.42 Å². The van der Waals surface area contributed by atoms with Gasteiger partial charge in [0, 0.05) is 0 Å². The Morgan fingerprint density at radius 1 is 1.29 bits per heavy atom. The normalized spacial score (nSPS) is 34.0. The predicted octanol–water partition coefficient (Wildman–Crippen LogP) is 1.45. The molecule has 1 fully saturated rings. The molecule has 4 nitrogen and oxygen atoms in total. The van der Waals surface area contributed by atoms with Crippen LogP contribution >= 0.6 is 0 Å². The smallest absolute Gasteiger partial charge is 0.307 e. The predicted molar refractivity (Wildman–Crippen MR) is 49.8 cm³/mol. The van der Waals surface area contributed by atoms with Crippen molar-refractivity contribution in [1.82, 2.24) is 0 Å². The molecule has 0 radical (unpaired) electrons. The molecule has 1 aliphatic carbocycles. The second-order valence-corrected chi connectivity index (χ2v) is 4.21. The van der Waals surface area contributed by atoms with Crippen LogP contribution in [0.25, 0.3) is 0 Å². The van der Waals surface area contributed by atoms with Gasteiger partial charge in [-0.25, -0.2) is 0 Å². The van der Waals surface area contributed by atoms with Crippen LogP contribution in [0.4, 0.5) is 0 Å². The molecule has 1 aliphatic rings. The van der Waals surface area contributed by atoms with Crippen molar-refractivity contribution in [3.8, 4) is 0 Å². The molecule has 0 unspecified atom stereocenters. The molecule has 0 bridgehead atoms. The molecule has 1 saturated carbocycles. The van der Waals surface area contributed by atoms with Gasteiger partial charge in [-0.15, -0.1) is 0 Å². The van der Waals surface area contributed by atoms with Crippen LogP contribution in [0.2, 0.25) is 0 Å². The van der Waals surface area contributed by atoms with Crippen LogP contribution in [0.3, 0.4) is 0 Å². The summed E-state index contributed by atoms with van der Waals surface area (Å²) >= 11 is 0. The second kappa shape index (κ2) is 3.98. The minimum atomic E-state index is -0.893. The summed E-state index contributed by atoms with van der Waals surface area (Å²) in [6, 6.07) is 0. The second-order valence-electron chi connectivity index (χ2n) is 4.21. The van der Waals surface area contributed by atoms with Gasteiger partial charge in [-0.2, -0.15) is 0 Å². The Kier molecular flexibility index (Phi) is 3.13. The molecular weight excluding hydrogens is 184 g/mol. The summed E-state index contributed by atoms with van der Waals surface area (Å²) in [6.07, 6.45) is 1.53. The zero-order chi connectivity index (χ0) is 10.9. The molecule has 0 aromatic heterocycles. The molecule has 0 aliphatic heterocycles. The van der Waals surface area contributed by atoms with Gasteiger partial charge >= 0.3 is 11.9 Å². The molecule has 0 saturated heterocycles. The summed E-state index contributed by atoms with van der Waals surface area (Å²) in [7, 11) is 0. The number of rotatable bonds is 3. The summed E-state index contributed by atoms with van der Waals surface area (Å²) < 4.78 is 0. The van der Waals surface area contributed by atoms with Gasteiger partial charge in [-0.1, -0.05) is 13.8 Å². The van der Waals surface area contributed by atoms with Crippen molar-refractivity contribution in [3.05, 3.63) is 0 Å². The van der Waals surface area contributed by atoms with Gasteiger partial charge in [0.15, 0.2) is 0 Å². The van der Waals surface area contributed by atoms with Crippen molar-refractivity contribution in [3.63, 3.8) is 0 Å². The first kappa shape index (κ1) is 11.0. The number of hydrogen-bond donors (Lipinski definition) is 2. The number of carboxylic acid groups (broad SMARTS) is 2. The van der Waals surface area contributed by atoms with Crippen LogP contribution in [0, 0.1) is 23.7 Å². The molecule has 1 rings (SSSR count). The molecule has 2 N–H and O–H groups in total. The average molecular weight is 200 g/mol. The zero-order valence-electron chi connectivity index (χ0n) is 8.43. The molecule has 4 heteroatoms. The van der Waals surface area contributed by atoms with Crippen LogP contribution in [-0.2, 0) is 9.59 Å². The van der Waals surface area contributed by atoms with Gasteiger partial charge in [0.25, 0.3) is 0 Å². The van der Waals surface area contributed by atoms with Crippen molar-refractivity contribution >= 4 is 11.9 Å². The molecule has 0 spiro atoms. The Bertz CT molecular complexity index is 249. The summed E-state index contributed by atoms with van der Waals surface area (Å²) in [5, 5.41) is 17.8. The minimum absolute atomic E-state index is 0.0966. The Morgan fingerprint density at radius 3 is 2.29 bits per heavy atom. The van der Waals surface area contributed by atoms with Crippen LogP contribution in [0.15, 0.2) is 0 Å². The van der Waals surface area contributed by atoms with E-state index in [0.717, 1.165) is 6.42 Å². The quantitative estimate of drug-likeness (QED) is 0.723. The fraction of sp³-hybridized carbons (Fsp3) is 0.800. The maximum absolute atomic E-state index is 11.0. The Labute approximate surface area is 82.9 Å². The zero-order valence-corrected chi connectivity index (χ0v) is 8.43. The van der Waals surface area contributed by atoms with Gasteiger partial charge in [-0.05, 0) is 24.7 Å². The lowest BCUT2D eigenvalue weighted by molar-refractivity contribution is -0.148. The number of carbonyl (C=O) groups is 2. The summed E-state index contributed by atoms with van der Waals surface area (Å²) in [4.78, 5) is 21.7. The molecular formula is C10H16O4. The van der Waals surface area contributed by atoms with E-state index in [1.165, 1.54) is 0 Å². The molecule has 4 atom stereocenters. The van der Waals surface area contributed by atoms with E-state index in [2.05, 4.69) is 0 Å². The summed E-state index contributed by atoms with van der Waals surface area (Å²) in [5.74, 6) is -2.90. The molecule has 0 heterocycles. The summed E-state index contributed by atoms with van der Waals surface area (Å²) in [6.45, 7) is 3.48. The van der Waals surface area contributed by atoms with Crippen molar-refractivity contribution in [2.75, 3.05) is 0 Å². The van der Waals surface area contributed by atoms with Gasteiger partial charge in [-0.3, -0.25) is 9.59 Å². The topological polar surface area (TPSA) is 74.6 Å². The standard InChI is InChI=1S/C10H16O4/c1-5-3-4-7(6(2)9(11)12)8(5)10(13)14/h5-8H,3-4H2,1-2H3,(H,11,12)(H,13,14)/t5-,6-,7-,8+/m1/s1. The lowest BCUT2D eigenvalue weighted by Gasteiger charge is -2.21. The van der Waals surface area contributed by atoms with E-state index in [4.69, 9.17) is 10.2 Å². The first-order chi connectivity index (χ1) is 6.45. The highest BCUT2D eigenvalue weighted by Crippen LogP contribution is 2.41. The van der Waals surface area contributed by atoms with Crippen LogP contribution in [-0.4, -0.2) is 22.2 Å². The van der Waals surface area contributed by atoms with Crippen molar-refractivity contribution < 1.29 is 19.8 Å². The first-order valence-corrected chi connectivity index (χ1v) is 4.90.